The number of hydrogen-bond donors (Lipinski definition) is 1. The van der Waals surface area contributed by atoms with Gasteiger partial charge in [-0.05, 0) is 32.5 Å². The molecule has 0 saturated carbocycles. The number of likely N-dealkylation sites (N-methyl/N-ethyl adjacent to an activating group) is 1. The van der Waals surface area contributed by atoms with Crippen LogP contribution in [0.3, 0.4) is 0 Å². The van der Waals surface area contributed by atoms with E-state index in [1.165, 1.54) is 18.9 Å². The number of unbranched alkanes of at least 4 members (excludes halogenated alkanes) is 2. The summed E-state index contributed by atoms with van der Waals surface area (Å²) >= 11 is 6.00. The number of hydrogen-bond acceptors (Lipinski definition) is 2. The smallest absolute Gasteiger partial charge is 0.234 e. The molecule has 5 heteroatoms. The highest BCUT2D eigenvalue weighted by molar-refractivity contribution is 6.31. The van der Waals surface area contributed by atoms with E-state index in [0.717, 1.165) is 12.8 Å². The number of rotatable bonds is 9. The SMILES string of the molecule is CCCCC[C@@H](C)NC(=O)CN(C)Cc1c(F)cccc1Cl. The topological polar surface area (TPSA) is 32.3 Å². The Morgan fingerprint density at radius 1 is 1.41 bits per heavy atom. The van der Waals surface area contributed by atoms with Crippen LogP contribution in [0, 0.1) is 5.82 Å². The minimum atomic E-state index is -0.340. The van der Waals surface area contributed by atoms with Crippen molar-refractivity contribution in [2.24, 2.45) is 0 Å². The van der Waals surface area contributed by atoms with Crippen molar-refractivity contribution in [1.82, 2.24) is 10.2 Å². The summed E-state index contributed by atoms with van der Waals surface area (Å²) in [5, 5.41) is 3.37. The average Bonchev–Trinajstić information content (AvgIpc) is 2.43. The first-order chi connectivity index (χ1) is 10.4. The van der Waals surface area contributed by atoms with Gasteiger partial charge in [0.15, 0.2) is 0 Å². The highest BCUT2D eigenvalue weighted by atomic mass is 35.5. The zero-order chi connectivity index (χ0) is 16.5. The lowest BCUT2D eigenvalue weighted by atomic mass is 10.1. The molecular formula is C17H26ClFN2O. The van der Waals surface area contributed by atoms with Crippen LogP contribution in [0.2, 0.25) is 5.02 Å². The van der Waals surface area contributed by atoms with E-state index in [-0.39, 0.29) is 24.3 Å². The second-order valence-electron chi connectivity index (χ2n) is 5.84. The zero-order valence-corrected chi connectivity index (χ0v) is 14.4. The quantitative estimate of drug-likeness (QED) is 0.695. The molecule has 0 unspecified atom stereocenters. The van der Waals surface area contributed by atoms with Gasteiger partial charge in [-0.2, -0.15) is 0 Å². The largest absolute Gasteiger partial charge is 0.353 e. The van der Waals surface area contributed by atoms with Crippen molar-refractivity contribution in [3.8, 4) is 0 Å². The van der Waals surface area contributed by atoms with Gasteiger partial charge in [-0.1, -0.05) is 43.9 Å². The Labute approximate surface area is 137 Å². The average molecular weight is 329 g/mol. The first kappa shape index (κ1) is 18.9. The monoisotopic (exact) mass is 328 g/mol. The third-order valence-electron chi connectivity index (χ3n) is 3.55. The van der Waals surface area contributed by atoms with Gasteiger partial charge in [0, 0.05) is 23.2 Å². The van der Waals surface area contributed by atoms with E-state index in [4.69, 9.17) is 11.6 Å². The lowest BCUT2D eigenvalue weighted by Gasteiger charge is -2.19. The van der Waals surface area contributed by atoms with Crippen LogP contribution in [-0.2, 0) is 11.3 Å². The molecule has 0 spiro atoms. The van der Waals surface area contributed by atoms with Gasteiger partial charge in [0.05, 0.1) is 6.54 Å². The van der Waals surface area contributed by atoms with Crippen molar-refractivity contribution in [2.75, 3.05) is 13.6 Å². The van der Waals surface area contributed by atoms with E-state index >= 15 is 0 Å². The Hall–Kier alpha value is -1.13. The molecule has 1 aromatic carbocycles. The van der Waals surface area contributed by atoms with Crippen LogP contribution in [0.25, 0.3) is 0 Å². The van der Waals surface area contributed by atoms with E-state index < -0.39 is 0 Å². The number of nitrogens with one attached hydrogen (secondary N) is 1. The Morgan fingerprint density at radius 3 is 2.77 bits per heavy atom. The van der Waals surface area contributed by atoms with Crippen molar-refractivity contribution >= 4 is 17.5 Å². The van der Waals surface area contributed by atoms with Gasteiger partial charge in [-0.15, -0.1) is 0 Å². The molecule has 1 atom stereocenters. The lowest BCUT2D eigenvalue weighted by molar-refractivity contribution is -0.122. The second-order valence-corrected chi connectivity index (χ2v) is 6.24. The number of halogens is 2. The van der Waals surface area contributed by atoms with Crippen molar-refractivity contribution in [2.45, 2.75) is 52.1 Å². The summed E-state index contributed by atoms with van der Waals surface area (Å²) in [6, 6.07) is 4.78. The van der Waals surface area contributed by atoms with E-state index in [1.807, 2.05) is 6.92 Å². The van der Waals surface area contributed by atoms with Crippen LogP contribution in [0.15, 0.2) is 18.2 Å². The molecular weight excluding hydrogens is 303 g/mol. The van der Waals surface area contributed by atoms with Gasteiger partial charge in [0.1, 0.15) is 5.82 Å². The Kier molecular flexibility index (Phi) is 8.43. The van der Waals surface area contributed by atoms with Crippen LogP contribution >= 0.6 is 11.6 Å². The van der Waals surface area contributed by atoms with Gasteiger partial charge in [-0.25, -0.2) is 4.39 Å². The van der Waals surface area contributed by atoms with Gasteiger partial charge >= 0.3 is 0 Å². The molecule has 1 amide bonds. The summed E-state index contributed by atoms with van der Waals surface area (Å²) in [7, 11) is 1.78. The first-order valence-electron chi connectivity index (χ1n) is 7.84. The molecule has 0 bridgehead atoms. The van der Waals surface area contributed by atoms with E-state index in [0.29, 0.717) is 17.1 Å². The van der Waals surface area contributed by atoms with Gasteiger partial charge in [-0.3, -0.25) is 9.69 Å². The minimum Gasteiger partial charge on any atom is -0.353 e. The summed E-state index contributed by atoms with van der Waals surface area (Å²) in [6.07, 6.45) is 4.47. The highest BCUT2D eigenvalue weighted by Crippen LogP contribution is 2.20. The summed E-state index contributed by atoms with van der Waals surface area (Å²) in [5.74, 6) is -0.383. The highest BCUT2D eigenvalue weighted by Gasteiger charge is 2.13. The molecule has 0 heterocycles. The van der Waals surface area contributed by atoms with Crippen molar-refractivity contribution < 1.29 is 9.18 Å². The standard InChI is InChI=1S/C17H26ClFN2O/c1-4-5-6-8-13(2)20-17(22)12-21(3)11-14-15(18)9-7-10-16(14)19/h7,9-10,13H,4-6,8,11-12H2,1-3H3,(H,20,22)/t13-/m1/s1. The molecule has 0 aliphatic carbocycles. The first-order valence-corrected chi connectivity index (χ1v) is 8.22. The predicted octanol–water partition coefficient (Wildman–Crippen LogP) is 4.00. The molecule has 124 valence electrons. The number of nitrogens with zero attached hydrogens (tertiary/aromatic N) is 1. The lowest BCUT2D eigenvalue weighted by Crippen LogP contribution is -2.39. The van der Waals surface area contributed by atoms with Crippen molar-refractivity contribution in [3.05, 3.63) is 34.6 Å². The fraction of sp³-hybridized carbons (Fsp3) is 0.588. The predicted molar refractivity (Wildman–Crippen MR) is 89.5 cm³/mol. The Balaban J connectivity index is 2.41. The molecule has 1 aromatic rings. The number of amides is 1. The number of benzene rings is 1. The molecule has 3 nitrogen and oxygen atoms in total. The molecule has 1 rings (SSSR count). The molecule has 22 heavy (non-hydrogen) atoms. The van der Waals surface area contributed by atoms with Crippen LogP contribution in [-0.4, -0.2) is 30.4 Å². The van der Waals surface area contributed by atoms with Crippen LogP contribution in [0.1, 0.15) is 45.1 Å². The molecule has 0 aromatic heterocycles. The van der Waals surface area contributed by atoms with Crippen molar-refractivity contribution in [3.63, 3.8) is 0 Å². The fourth-order valence-electron chi connectivity index (χ4n) is 2.35. The van der Waals surface area contributed by atoms with Crippen molar-refractivity contribution in [1.29, 1.82) is 0 Å². The molecule has 0 fully saturated rings. The van der Waals surface area contributed by atoms with Crippen LogP contribution < -0.4 is 5.32 Å². The second kappa shape index (κ2) is 9.80. The zero-order valence-electron chi connectivity index (χ0n) is 13.7. The Morgan fingerprint density at radius 2 is 2.14 bits per heavy atom. The maximum absolute atomic E-state index is 13.7. The summed E-state index contributed by atoms with van der Waals surface area (Å²) in [4.78, 5) is 13.7. The Bertz CT molecular complexity index is 461. The van der Waals surface area contributed by atoms with Gasteiger partial charge in [0.25, 0.3) is 0 Å². The molecule has 0 aliphatic rings. The molecule has 0 saturated heterocycles. The maximum Gasteiger partial charge on any atom is 0.234 e. The van der Waals surface area contributed by atoms with Gasteiger partial charge < -0.3 is 5.32 Å². The van der Waals surface area contributed by atoms with Gasteiger partial charge in [0.2, 0.25) is 5.91 Å². The van der Waals surface area contributed by atoms with E-state index in [2.05, 4.69) is 12.2 Å². The molecule has 0 aliphatic heterocycles. The fourth-order valence-corrected chi connectivity index (χ4v) is 2.57. The third kappa shape index (κ3) is 6.75. The number of carbonyl (C=O) groups excluding carboxylic acids is 1. The third-order valence-corrected chi connectivity index (χ3v) is 3.91. The molecule has 0 radical (unpaired) electrons. The summed E-state index contributed by atoms with van der Waals surface area (Å²) < 4.78 is 13.7. The van der Waals surface area contributed by atoms with Crippen LogP contribution in [0.4, 0.5) is 4.39 Å². The van der Waals surface area contributed by atoms with E-state index in [9.17, 15) is 9.18 Å². The number of carbonyl (C=O) groups is 1. The molecule has 1 N–H and O–H groups in total. The normalized spacial score (nSPS) is 12.5. The summed E-state index contributed by atoms with van der Waals surface area (Å²) in [6.45, 7) is 4.71. The minimum absolute atomic E-state index is 0.0426. The summed E-state index contributed by atoms with van der Waals surface area (Å²) in [5.41, 5.74) is 0.426. The van der Waals surface area contributed by atoms with E-state index in [1.54, 1.807) is 24.1 Å². The van der Waals surface area contributed by atoms with Crippen LogP contribution in [0.5, 0.6) is 0 Å². The maximum atomic E-state index is 13.7.